The highest BCUT2D eigenvalue weighted by molar-refractivity contribution is 6.34. The van der Waals surface area contributed by atoms with Gasteiger partial charge in [-0.3, -0.25) is 19.7 Å². The van der Waals surface area contributed by atoms with Gasteiger partial charge in [-0.1, -0.05) is 23.7 Å². The standard InChI is InChI=1S/C19H18ClN3O5/c20-16-10-12(23(26)27)7-8-14(16)19(25)22-17-6-2-1-5-15(17)18(24)21-11-13-4-3-9-28-13/h1-2,5-8,10,13H,3-4,9,11H2,(H,21,24)(H,22,25)/t13-/m1/s1. The minimum Gasteiger partial charge on any atom is -0.376 e. The molecule has 1 atom stereocenters. The van der Waals surface area contributed by atoms with E-state index in [9.17, 15) is 19.7 Å². The number of para-hydroxylation sites is 1. The molecular weight excluding hydrogens is 386 g/mol. The molecule has 1 saturated heterocycles. The number of hydrogen-bond donors (Lipinski definition) is 2. The van der Waals surface area contributed by atoms with Gasteiger partial charge in [-0.25, -0.2) is 0 Å². The third-order valence-corrected chi connectivity index (χ3v) is 4.65. The first kappa shape index (κ1) is 19.8. The van der Waals surface area contributed by atoms with Crippen molar-refractivity contribution in [2.45, 2.75) is 18.9 Å². The molecule has 0 aromatic heterocycles. The molecule has 2 amide bonds. The zero-order valence-corrected chi connectivity index (χ0v) is 15.6. The molecule has 1 fully saturated rings. The molecular formula is C19H18ClN3O5. The average Bonchev–Trinajstić information content (AvgIpc) is 3.20. The number of amides is 2. The van der Waals surface area contributed by atoms with Crippen molar-refractivity contribution in [3.63, 3.8) is 0 Å². The Morgan fingerprint density at radius 2 is 1.96 bits per heavy atom. The molecule has 9 heteroatoms. The Balaban J connectivity index is 1.72. The highest BCUT2D eigenvalue weighted by Gasteiger charge is 2.20. The van der Waals surface area contributed by atoms with Gasteiger partial charge in [0.25, 0.3) is 17.5 Å². The minimum atomic E-state index is -0.596. The van der Waals surface area contributed by atoms with Crippen molar-refractivity contribution in [2.24, 2.45) is 0 Å². The summed E-state index contributed by atoms with van der Waals surface area (Å²) in [6.07, 6.45) is 1.88. The molecule has 0 bridgehead atoms. The third-order valence-electron chi connectivity index (χ3n) is 4.34. The lowest BCUT2D eigenvalue weighted by atomic mass is 10.1. The molecule has 3 rings (SSSR count). The van der Waals surface area contributed by atoms with E-state index in [1.165, 1.54) is 12.1 Å². The van der Waals surface area contributed by atoms with Crippen molar-refractivity contribution < 1.29 is 19.2 Å². The van der Waals surface area contributed by atoms with Crippen LogP contribution in [0.5, 0.6) is 0 Å². The third kappa shape index (κ3) is 4.65. The first-order valence-corrected chi connectivity index (χ1v) is 9.07. The van der Waals surface area contributed by atoms with Crippen LogP contribution in [-0.4, -0.2) is 36.0 Å². The van der Waals surface area contributed by atoms with Gasteiger partial charge in [-0.15, -0.1) is 0 Å². The number of nitro benzene ring substituents is 1. The highest BCUT2D eigenvalue weighted by Crippen LogP contribution is 2.24. The zero-order chi connectivity index (χ0) is 20.1. The number of nitro groups is 1. The van der Waals surface area contributed by atoms with E-state index >= 15 is 0 Å². The Kier molecular flexibility index (Phi) is 6.23. The Labute approximate surface area is 166 Å². The molecule has 0 spiro atoms. The van der Waals surface area contributed by atoms with E-state index in [0.717, 1.165) is 18.9 Å². The number of anilines is 1. The second kappa shape index (κ2) is 8.81. The van der Waals surface area contributed by atoms with Gasteiger partial charge in [0.1, 0.15) is 0 Å². The van der Waals surface area contributed by atoms with Crippen molar-refractivity contribution in [1.29, 1.82) is 0 Å². The molecule has 1 heterocycles. The lowest BCUT2D eigenvalue weighted by Crippen LogP contribution is -2.32. The maximum atomic E-state index is 12.5. The number of halogens is 1. The zero-order valence-electron chi connectivity index (χ0n) is 14.8. The summed E-state index contributed by atoms with van der Waals surface area (Å²) in [5, 5.41) is 16.2. The van der Waals surface area contributed by atoms with Crippen LogP contribution in [0.4, 0.5) is 11.4 Å². The molecule has 146 valence electrons. The minimum absolute atomic E-state index is 0.00428. The number of carbonyl (C=O) groups excluding carboxylic acids is 2. The number of ether oxygens (including phenoxy) is 1. The fourth-order valence-corrected chi connectivity index (χ4v) is 3.15. The Bertz CT molecular complexity index is 912. The van der Waals surface area contributed by atoms with Crippen LogP contribution in [0.1, 0.15) is 33.6 Å². The normalized spacial score (nSPS) is 15.8. The van der Waals surface area contributed by atoms with E-state index < -0.39 is 10.8 Å². The van der Waals surface area contributed by atoms with Gasteiger partial charge >= 0.3 is 0 Å². The first-order chi connectivity index (χ1) is 13.5. The monoisotopic (exact) mass is 403 g/mol. The van der Waals surface area contributed by atoms with E-state index in [4.69, 9.17) is 16.3 Å². The van der Waals surface area contributed by atoms with E-state index in [0.29, 0.717) is 24.4 Å². The van der Waals surface area contributed by atoms with Crippen LogP contribution < -0.4 is 10.6 Å². The van der Waals surface area contributed by atoms with Crippen LogP contribution in [-0.2, 0) is 4.74 Å². The number of hydrogen-bond acceptors (Lipinski definition) is 5. The van der Waals surface area contributed by atoms with E-state index in [1.54, 1.807) is 24.3 Å². The van der Waals surface area contributed by atoms with Crippen LogP contribution in [0, 0.1) is 10.1 Å². The summed E-state index contributed by atoms with van der Waals surface area (Å²) in [4.78, 5) is 35.2. The maximum Gasteiger partial charge on any atom is 0.270 e. The number of nitrogens with one attached hydrogen (secondary N) is 2. The van der Waals surface area contributed by atoms with E-state index in [-0.39, 0.29) is 28.3 Å². The smallest absolute Gasteiger partial charge is 0.270 e. The van der Waals surface area contributed by atoms with Crippen molar-refractivity contribution in [3.05, 3.63) is 68.7 Å². The fourth-order valence-electron chi connectivity index (χ4n) is 2.89. The molecule has 0 saturated carbocycles. The van der Waals surface area contributed by atoms with Crippen LogP contribution in [0.15, 0.2) is 42.5 Å². The summed E-state index contributed by atoms with van der Waals surface area (Å²) in [7, 11) is 0. The molecule has 2 aromatic carbocycles. The average molecular weight is 404 g/mol. The molecule has 0 radical (unpaired) electrons. The Hall–Kier alpha value is -2.97. The molecule has 8 nitrogen and oxygen atoms in total. The van der Waals surface area contributed by atoms with Gasteiger partial charge in [0, 0.05) is 25.3 Å². The number of carbonyl (C=O) groups is 2. The summed E-state index contributed by atoms with van der Waals surface area (Å²) < 4.78 is 5.48. The Morgan fingerprint density at radius 3 is 2.64 bits per heavy atom. The van der Waals surface area contributed by atoms with Crippen molar-refractivity contribution in [3.8, 4) is 0 Å². The molecule has 2 N–H and O–H groups in total. The van der Waals surface area contributed by atoms with Crippen LogP contribution in [0.2, 0.25) is 5.02 Å². The van der Waals surface area contributed by atoms with E-state index in [1.807, 2.05) is 0 Å². The number of benzene rings is 2. The number of rotatable bonds is 6. The predicted octanol–water partition coefficient (Wildman–Crippen LogP) is 3.41. The van der Waals surface area contributed by atoms with Gasteiger partial charge in [0.05, 0.1) is 32.9 Å². The largest absolute Gasteiger partial charge is 0.376 e. The fraction of sp³-hybridized carbons (Fsp3) is 0.263. The summed E-state index contributed by atoms with van der Waals surface area (Å²) in [6.45, 7) is 1.10. The number of nitrogens with zero attached hydrogens (tertiary/aromatic N) is 1. The van der Waals surface area contributed by atoms with Crippen molar-refractivity contribution >= 4 is 34.8 Å². The summed E-state index contributed by atoms with van der Waals surface area (Å²) in [6, 6.07) is 10.1. The first-order valence-electron chi connectivity index (χ1n) is 8.70. The van der Waals surface area contributed by atoms with Crippen LogP contribution in [0.25, 0.3) is 0 Å². The lowest BCUT2D eigenvalue weighted by molar-refractivity contribution is -0.384. The maximum absolute atomic E-state index is 12.5. The highest BCUT2D eigenvalue weighted by atomic mass is 35.5. The second-order valence-electron chi connectivity index (χ2n) is 6.27. The SMILES string of the molecule is O=C(Nc1ccccc1C(=O)NC[C@H]1CCCO1)c1ccc([N+](=O)[O-])cc1Cl. The number of non-ortho nitro benzene ring substituents is 1. The van der Waals surface area contributed by atoms with Gasteiger partial charge in [-0.2, -0.15) is 0 Å². The molecule has 0 unspecified atom stereocenters. The molecule has 2 aromatic rings. The molecule has 1 aliphatic rings. The Morgan fingerprint density at radius 1 is 1.18 bits per heavy atom. The van der Waals surface area contributed by atoms with Gasteiger partial charge in [-0.05, 0) is 31.0 Å². The second-order valence-corrected chi connectivity index (χ2v) is 6.67. The van der Waals surface area contributed by atoms with Crippen LogP contribution in [0.3, 0.4) is 0 Å². The molecule has 28 heavy (non-hydrogen) atoms. The lowest BCUT2D eigenvalue weighted by Gasteiger charge is -2.14. The topological polar surface area (TPSA) is 111 Å². The molecule has 0 aliphatic carbocycles. The quantitative estimate of drug-likeness (QED) is 0.567. The van der Waals surface area contributed by atoms with Crippen molar-refractivity contribution in [2.75, 3.05) is 18.5 Å². The predicted molar refractivity (Wildman–Crippen MR) is 104 cm³/mol. The molecule has 1 aliphatic heterocycles. The van der Waals surface area contributed by atoms with Gasteiger partial charge < -0.3 is 15.4 Å². The van der Waals surface area contributed by atoms with Crippen LogP contribution >= 0.6 is 11.6 Å². The summed E-state index contributed by atoms with van der Waals surface area (Å²) in [5.74, 6) is -0.902. The van der Waals surface area contributed by atoms with E-state index in [2.05, 4.69) is 10.6 Å². The van der Waals surface area contributed by atoms with Crippen molar-refractivity contribution in [1.82, 2.24) is 5.32 Å². The summed E-state index contributed by atoms with van der Waals surface area (Å²) in [5.41, 5.74) is 0.468. The van der Waals surface area contributed by atoms with Gasteiger partial charge in [0.2, 0.25) is 0 Å². The van der Waals surface area contributed by atoms with Gasteiger partial charge in [0.15, 0.2) is 0 Å². The summed E-state index contributed by atoms with van der Waals surface area (Å²) >= 11 is 6.00.